The molecule has 8 heteroatoms. The summed E-state index contributed by atoms with van der Waals surface area (Å²) in [6, 6.07) is 3.70. The fraction of sp³-hybridized carbons (Fsp3) is 0.652. The molecule has 8 nitrogen and oxygen atoms in total. The summed E-state index contributed by atoms with van der Waals surface area (Å²) < 4.78 is 21.7. The molecule has 3 atom stereocenters. The van der Waals surface area contributed by atoms with Crippen molar-refractivity contribution in [3.8, 4) is 11.5 Å². The van der Waals surface area contributed by atoms with Gasteiger partial charge in [-0.3, -0.25) is 9.69 Å². The van der Waals surface area contributed by atoms with Crippen LogP contribution in [0.3, 0.4) is 0 Å². The van der Waals surface area contributed by atoms with Crippen molar-refractivity contribution in [2.24, 2.45) is 5.92 Å². The van der Waals surface area contributed by atoms with Gasteiger partial charge in [0.2, 0.25) is 0 Å². The number of amides is 1. The molecule has 0 saturated carbocycles. The topological polar surface area (TPSA) is 86.3 Å². The maximum atomic E-state index is 12.7. The SMILES string of the molecule is CCOC(=O)[C@H]1CN2CCc3cc(OC)c(OC)cc3[C@@H]2C[C@@H]1NC(=O)OC(C)(C)C. The van der Waals surface area contributed by atoms with Crippen LogP contribution in [0.25, 0.3) is 0 Å². The maximum absolute atomic E-state index is 12.7. The number of hydrogen-bond acceptors (Lipinski definition) is 7. The van der Waals surface area contributed by atoms with Crippen LogP contribution in [-0.2, 0) is 20.7 Å². The van der Waals surface area contributed by atoms with Gasteiger partial charge in [-0.25, -0.2) is 4.79 Å². The van der Waals surface area contributed by atoms with Crippen LogP contribution in [-0.4, -0.2) is 62.5 Å². The van der Waals surface area contributed by atoms with Crippen molar-refractivity contribution in [3.05, 3.63) is 23.3 Å². The predicted molar refractivity (Wildman–Crippen MR) is 115 cm³/mol. The molecule has 1 aromatic carbocycles. The molecule has 0 aromatic heterocycles. The van der Waals surface area contributed by atoms with Crippen LogP contribution in [0.1, 0.15) is 51.3 Å². The first-order chi connectivity index (χ1) is 14.7. The van der Waals surface area contributed by atoms with E-state index >= 15 is 0 Å². The molecule has 172 valence electrons. The summed E-state index contributed by atoms with van der Waals surface area (Å²) in [6.07, 6.45) is 0.903. The van der Waals surface area contributed by atoms with E-state index < -0.39 is 23.7 Å². The van der Waals surface area contributed by atoms with Gasteiger partial charge >= 0.3 is 12.1 Å². The van der Waals surface area contributed by atoms with Crippen LogP contribution in [0, 0.1) is 5.92 Å². The highest BCUT2D eigenvalue weighted by Gasteiger charge is 2.44. The number of carbonyl (C=O) groups is 2. The van der Waals surface area contributed by atoms with E-state index in [1.807, 2.05) is 32.9 Å². The average molecular weight is 435 g/mol. The van der Waals surface area contributed by atoms with Crippen molar-refractivity contribution < 1.29 is 28.5 Å². The minimum Gasteiger partial charge on any atom is -0.493 e. The van der Waals surface area contributed by atoms with E-state index in [0.29, 0.717) is 31.1 Å². The molecule has 1 N–H and O–H groups in total. The van der Waals surface area contributed by atoms with Crippen molar-refractivity contribution >= 4 is 12.1 Å². The molecule has 1 fully saturated rings. The Labute approximate surface area is 184 Å². The molecule has 0 radical (unpaired) electrons. The number of alkyl carbamates (subject to hydrolysis) is 1. The smallest absolute Gasteiger partial charge is 0.407 e. The van der Waals surface area contributed by atoms with Crippen LogP contribution in [0.2, 0.25) is 0 Å². The van der Waals surface area contributed by atoms with E-state index in [1.165, 1.54) is 5.56 Å². The summed E-state index contributed by atoms with van der Waals surface area (Å²) in [4.78, 5) is 27.5. The Morgan fingerprint density at radius 3 is 2.45 bits per heavy atom. The third kappa shape index (κ3) is 5.23. The fourth-order valence-corrected chi connectivity index (χ4v) is 4.47. The lowest BCUT2D eigenvalue weighted by atomic mass is 9.80. The van der Waals surface area contributed by atoms with Gasteiger partial charge in [-0.05, 0) is 63.8 Å². The Kier molecular flexibility index (Phi) is 6.99. The van der Waals surface area contributed by atoms with Gasteiger partial charge in [-0.2, -0.15) is 0 Å². The van der Waals surface area contributed by atoms with Gasteiger partial charge < -0.3 is 24.3 Å². The molecule has 0 aliphatic carbocycles. The van der Waals surface area contributed by atoms with Crippen molar-refractivity contribution in [1.29, 1.82) is 0 Å². The number of rotatable bonds is 5. The zero-order valence-corrected chi connectivity index (χ0v) is 19.3. The van der Waals surface area contributed by atoms with E-state index in [4.69, 9.17) is 18.9 Å². The number of fused-ring (bicyclic) bond motifs is 3. The first-order valence-electron chi connectivity index (χ1n) is 10.8. The summed E-state index contributed by atoms with van der Waals surface area (Å²) in [5.41, 5.74) is 1.72. The normalized spacial score (nSPS) is 23.2. The number of nitrogens with zero attached hydrogens (tertiary/aromatic N) is 1. The minimum atomic E-state index is -0.619. The summed E-state index contributed by atoms with van der Waals surface area (Å²) in [5.74, 6) is 0.635. The highest BCUT2D eigenvalue weighted by atomic mass is 16.6. The Bertz CT molecular complexity index is 819. The standard InChI is InChI=1S/C23H34N2O6/c1-7-30-21(26)16-13-25-9-8-14-10-19(28-5)20(29-6)11-15(14)18(25)12-17(16)24-22(27)31-23(2,3)4/h10-11,16-18H,7-9,12-13H2,1-6H3,(H,24,27)/t16-,17-,18-/m0/s1. The maximum Gasteiger partial charge on any atom is 0.407 e. The number of hydrogen-bond donors (Lipinski definition) is 1. The summed E-state index contributed by atoms with van der Waals surface area (Å²) >= 11 is 0. The second-order valence-electron chi connectivity index (χ2n) is 9.01. The largest absolute Gasteiger partial charge is 0.493 e. The summed E-state index contributed by atoms with van der Waals surface area (Å²) in [5, 5.41) is 2.94. The second-order valence-corrected chi connectivity index (χ2v) is 9.01. The summed E-state index contributed by atoms with van der Waals surface area (Å²) in [7, 11) is 3.25. The molecule has 1 amide bonds. The molecule has 0 spiro atoms. The number of methoxy groups -OCH3 is 2. The van der Waals surface area contributed by atoms with Gasteiger partial charge in [-0.15, -0.1) is 0 Å². The first-order valence-corrected chi connectivity index (χ1v) is 10.8. The molecule has 2 aliphatic heterocycles. The number of nitrogens with one attached hydrogen (secondary N) is 1. The van der Waals surface area contributed by atoms with Crippen molar-refractivity contribution in [1.82, 2.24) is 10.2 Å². The van der Waals surface area contributed by atoms with Gasteiger partial charge in [0.05, 0.1) is 26.7 Å². The zero-order chi connectivity index (χ0) is 22.8. The van der Waals surface area contributed by atoms with E-state index in [9.17, 15) is 9.59 Å². The molecule has 0 unspecified atom stereocenters. The van der Waals surface area contributed by atoms with Crippen LogP contribution in [0.5, 0.6) is 11.5 Å². The number of ether oxygens (including phenoxy) is 4. The van der Waals surface area contributed by atoms with Gasteiger partial charge in [0.15, 0.2) is 11.5 Å². The molecule has 1 aromatic rings. The van der Waals surface area contributed by atoms with Crippen LogP contribution in [0.4, 0.5) is 4.79 Å². The number of piperidine rings is 1. The van der Waals surface area contributed by atoms with Crippen molar-refractivity contribution in [2.45, 2.75) is 58.2 Å². The van der Waals surface area contributed by atoms with E-state index in [-0.39, 0.29) is 12.0 Å². The van der Waals surface area contributed by atoms with Crippen LogP contribution in [0.15, 0.2) is 12.1 Å². The van der Waals surface area contributed by atoms with Gasteiger partial charge in [0.1, 0.15) is 5.60 Å². The third-order valence-corrected chi connectivity index (χ3v) is 5.80. The van der Waals surface area contributed by atoms with Gasteiger partial charge in [0.25, 0.3) is 0 Å². The zero-order valence-electron chi connectivity index (χ0n) is 19.3. The Morgan fingerprint density at radius 1 is 1.16 bits per heavy atom. The quantitative estimate of drug-likeness (QED) is 0.713. The van der Waals surface area contributed by atoms with Gasteiger partial charge in [0, 0.05) is 25.2 Å². The molecule has 3 rings (SSSR count). The van der Waals surface area contributed by atoms with E-state index in [1.54, 1.807) is 21.1 Å². The fourth-order valence-electron chi connectivity index (χ4n) is 4.47. The lowest BCUT2D eigenvalue weighted by Gasteiger charge is -2.46. The number of esters is 1. The van der Waals surface area contributed by atoms with Gasteiger partial charge in [-0.1, -0.05) is 0 Å². The van der Waals surface area contributed by atoms with E-state index in [0.717, 1.165) is 18.5 Å². The molecular weight excluding hydrogens is 400 g/mol. The second kappa shape index (κ2) is 9.34. The first kappa shape index (κ1) is 23.2. The third-order valence-electron chi connectivity index (χ3n) is 5.80. The van der Waals surface area contributed by atoms with Crippen LogP contribution < -0.4 is 14.8 Å². The molecule has 2 heterocycles. The molecule has 2 aliphatic rings. The lowest BCUT2D eigenvalue weighted by Crippen LogP contribution is -2.56. The average Bonchev–Trinajstić information content (AvgIpc) is 2.70. The number of carbonyl (C=O) groups excluding carboxylic acids is 2. The molecular formula is C23H34N2O6. The van der Waals surface area contributed by atoms with E-state index in [2.05, 4.69) is 10.2 Å². The molecule has 0 bridgehead atoms. The number of benzene rings is 1. The lowest BCUT2D eigenvalue weighted by molar-refractivity contribution is -0.152. The van der Waals surface area contributed by atoms with Crippen molar-refractivity contribution in [3.63, 3.8) is 0 Å². The Morgan fingerprint density at radius 2 is 1.84 bits per heavy atom. The minimum absolute atomic E-state index is 0.0502. The summed E-state index contributed by atoms with van der Waals surface area (Å²) in [6.45, 7) is 8.87. The Balaban J connectivity index is 1.89. The van der Waals surface area contributed by atoms with Crippen LogP contribution >= 0.6 is 0 Å². The molecule has 1 saturated heterocycles. The Hall–Kier alpha value is -2.48. The predicted octanol–water partition coefficient (Wildman–Crippen LogP) is 3.08. The highest BCUT2D eigenvalue weighted by molar-refractivity contribution is 5.76. The molecule has 31 heavy (non-hydrogen) atoms. The van der Waals surface area contributed by atoms with Crippen molar-refractivity contribution in [2.75, 3.05) is 33.9 Å². The highest BCUT2D eigenvalue weighted by Crippen LogP contribution is 2.43. The monoisotopic (exact) mass is 434 g/mol.